The largest absolute Gasteiger partial charge is 0.452 e. The van der Waals surface area contributed by atoms with Crippen LogP contribution in [-0.2, 0) is 22.6 Å². The van der Waals surface area contributed by atoms with Crippen molar-refractivity contribution >= 4 is 11.9 Å². The number of furan rings is 1. The van der Waals surface area contributed by atoms with Gasteiger partial charge in [0, 0.05) is 26.0 Å². The molecular weight excluding hydrogens is 334 g/mol. The minimum atomic E-state index is -0.668. The molecule has 0 aliphatic carbocycles. The molecule has 1 amide bonds. The Balaban J connectivity index is 1.48. The fourth-order valence-corrected chi connectivity index (χ4v) is 2.38. The van der Waals surface area contributed by atoms with E-state index in [1.807, 2.05) is 30.3 Å². The Morgan fingerprint density at radius 2 is 1.96 bits per heavy atom. The minimum Gasteiger partial charge on any atom is -0.452 e. The first-order valence-corrected chi connectivity index (χ1v) is 8.13. The molecule has 134 valence electrons. The van der Waals surface area contributed by atoms with Crippen molar-refractivity contribution in [1.82, 2.24) is 14.7 Å². The molecule has 0 saturated carbocycles. The molecule has 1 aromatic carbocycles. The smallest absolute Gasteiger partial charge is 0.374 e. The number of hydrogen-bond acceptors (Lipinski definition) is 5. The zero-order valence-electron chi connectivity index (χ0n) is 14.4. The number of rotatable bonds is 7. The van der Waals surface area contributed by atoms with Gasteiger partial charge in [0.15, 0.2) is 6.61 Å². The van der Waals surface area contributed by atoms with Crippen LogP contribution in [-0.4, -0.2) is 40.2 Å². The molecule has 0 aliphatic heterocycles. The van der Waals surface area contributed by atoms with E-state index in [2.05, 4.69) is 5.10 Å². The molecule has 0 radical (unpaired) electrons. The van der Waals surface area contributed by atoms with Crippen LogP contribution in [0, 0.1) is 0 Å². The van der Waals surface area contributed by atoms with Crippen LogP contribution in [0.25, 0.3) is 0 Å². The summed E-state index contributed by atoms with van der Waals surface area (Å²) in [7, 11) is 1.66. The summed E-state index contributed by atoms with van der Waals surface area (Å²) in [5, 5.41) is 4.07. The van der Waals surface area contributed by atoms with Crippen LogP contribution in [0.1, 0.15) is 21.9 Å². The van der Waals surface area contributed by atoms with E-state index in [0.717, 1.165) is 5.56 Å². The fraction of sp³-hybridized carbons (Fsp3) is 0.211. The quantitative estimate of drug-likeness (QED) is 0.609. The van der Waals surface area contributed by atoms with Gasteiger partial charge in [0.05, 0.1) is 6.54 Å². The monoisotopic (exact) mass is 353 g/mol. The molecule has 0 N–H and O–H groups in total. The molecule has 0 spiro atoms. The third kappa shape index (κ3) is 4.60. The maximum atomic E-state index is 12.1. The van der Waals surface area contributed by atoms with E-state index in [4.69, 9.17) is 9.15 Å². The fourth-order valence-electron chi connectivity index (χ4n) is 2.38. The second kappa shape index (κ2) is 8.15. The van der Waals surface area contributed by atoms with Gasteiger partial charge >= 0.3 is 5.97 Å². The van der Waals surface area contributed by atoms with Gasteiger partial charge in [0.1, 0.15) is 5.76 Å². The third-order valence-electron chi connectivity index (χ3n) is 3.75. The number of amides is 1. The molecule has 3 rings (SSSR count). The van der Waals surface area contributed by atoms with E-state index in [-0.39, 0.29) is 18.3 Å². The molecule has 0 aliphatic rings. The first-order valence-electron chi connectivity index (χ1n) is 8.13. The number of benzene rings is 1. The number of aromatic nitrogens is 2. The average molecular weight is 353 g/mol. The van der Waals surface area contributed by atoms with Crippen LogP contribution in [0.15, 0.2) is 65.3 Å². The number of ether oxygens (including phenoxy) is 1. The molecule has 26 heavy (non-hydrogen) atoms. The number of carbonyl (C=O) groups is 2. The Labute approximate surface area is 150 Å². The molecular formula is C19H19N3O4. The highest BCUT2D eigenvalue weighted by Gasteiger charge is 2.17. The van der Waals surface area contributed by atoms with E-state index in [1.54, 1.807) is 36.3 Å². The Kier molecular flexibility index (Phi) is 5.48. The third-order valence-corrected chi connectivity index (χ3v) is 3.75. The Morgan fingerprint density at radius 1 is 1.15 bits per heavy atom. The summed E-state index contributed by atoms with van der Waals surface area (Å²) in [6, 6.07) is 14.6. The predicted molar refractivity (Wildman–Crippen MR) is 93.2 cm³/mol. The van der Waals surface area contributed by atoms with Crippen LogP contribution in [0.4, 0.5) is 0 Å². The second-order valence-electron chi connectivity index (χ2n) is 5.78. The van der Waals surface area contributed by atoms with Gasteiger partial charge in [-0.3, -0.25) is 9.48 Å². The molecule has 7 heteroatoms. The molecule has 0 saturated heterocycles. The molecule has 2 aromatic heterocycles. The van der Waals surface area contributed by atoms with E-state index in [1.165, 1.54) is 11.0 Å². The highest BCUT2D eigenvalue weighted by molar-refractivity contribution is 5.88. The maximum Gasteiger partial charge on any atom is 0.374 e. The van der Waals surface area contributed by atoms with Crippen molar-refractivity contribution in [3.8, 4) is 0 Å². The van der Waals surface area contributed by atoms with Gasteiger partial charge in [0.2, 0.25) is 5.76 Å². The summed E-state index contributed by atoms with van der Waals surface area (Å²) in [5.41, 5.74) is 1.00. The number of hydrogen-bond donors (Lipinski definition) is 0. The number of likely N-dealkylation sites (N-methyl/N-ethyl adjacent to an activating group) is 1. The van der Waals surface area contributed by atoms with E-state index < -0.39 is 5.97 Å². The summed E-state index contributed by atoms with van der Waals surface area (Å²) < 4.78 is 12.2. The Hall–Kier alpha value is -3.35. The van der Waals surface area contributed by atoms with Crippen molar-refractivity contribution in [3.63, 3.8) is 0 Å². The van der Waals surface area contributed by atoms with Gasteiger partial charge < -0.3 is 14.1 Å². The maximum absolute atomic E-state index is 12.1. The lowest BCUT2D eigenvalue weighted by Crippen LogP contribution is -2.30. The van der Waals surface area contributed by atoms with Crippen LogP contribution in [0.5, 0.6) is 0 Å². The SMILES string of the molecule is CN(Cc1ccccc1)C(=O)COC(=O)c1ccc(Cn2cccn2)o1. The zero-order valence-corrected chi connectivity index (χ0v) is 14.4. The van der Waals surface area contributed by atoms with Gasteiger partial charge in [-0.25, -0.2) is 4.79 Å². The van der Waals surface area contributed by atoms with Crippen LogP contribution < -0.4 is 0 Å². The van der Waals surface area contributed by atoms with Gasteiger partial charge in [-0.15, -0.1) is 0 Å². The molecule has 3 aromatic rings. The summed E-state index contributed by atoms with van der Waals surface area (Å²) >= 11 is 0. The van der Waals surface area contributed by atoms with Crippen LogP contribution >= 0.6 is 0 Å². The van der Waals surface area contributed by atoms with Gasteiger partial charge in [-0.2, -0.15) is 5.10 Å². The van der Waals surface area contributed by atoms with Crippen LogP contribution in [0.3, 0.4) is 0 Å². The van der Waals surface area contributed by atoms with Gasteiger partial charge in [0.25, 0.3) is 5.91 Å². The summed E-state index contributed by atoms with van der Waals surface area (Å²) in [6.07, 6.45) is 3.46. The Bertz CT molecular complexity index is 856. The Morgan fingerprint density at radius 3 is 2.69 bits per heavy atom. The van der Waals surface area contributed by atoms with E-state index >= 15 is 0 Å². The highest BCUT2D eigenvalue weighted by atomic mass is 16.5. The lowest BCUT2D eigenvalue weighted by molar-refractivity contribution is -0.133. The van der Waals surface area contributed by atoms with Crippen molar-refractivity contribution in [2.24, 2.45) is 0 Å². The lowest BCUT2D eigenvalue weighted by atomic mass is 10.2. The van der Waals surface area contributed by atoms with E-state index in [9.17, 15) is 9.59 Å². The minimum absolute atomic E-state index is 0.0608. The van der Waals surface area contributed by atoms with Crippen molar-refractivity contribution < 1.29 is 18.7 Å². The van der Waals surface area contributed by atoms with Crippen molar-refractivity contribution in [1.29, 1.82) is 0 Å². The van der Waals surface area contributed by atoms with Crippen molar-refractivity contribution in [2.45, 2.75) is 13.1 Å². The first kappa shape index (κ1) is 17.5. The first-order chi connectivity index (χ1) is 12.6. The zero-order chi connectivity index (χ0) is 18.4. The van der Waals surface area contributed by atoms with Gasteiger partial charge in [-0.05, 0) is 23.8 Å². The molecule has 0 fully saturated rings. The number of carbonyl (C=O) groups excluding carboxylic acids is 2. The van der Waals surface area contributed by atoms with Crippen molar-refractivity contribution in [3.05, 3.63) is 78.0 Å². The lowest BCUT2D eigenvalue weighted by Gasteiger charge is -2.16. The van der Waals surface area contributed by atoms with Crippen LogP contribution in [0.2, 0.25) is 0 Å². The van der Waals surface area contributed by atoms with E-state index in [0.29, 0.717) is 18.8 Å². The van der Waals surface area contributed by atoms with Gasteiger partial charge in [-0.1, -0.05) is 30.3 Å². The summed E-state index contributed by atoms with van der Waals surface area (Å²) in [4.78, 5) is 25.7. The summed E-state index contributed by atoms with van der Waals surface area (Å²) in [5.74, 6) is -0.317. The topological polar surface area (TPSA) is 77.6 Å². The number of esters is 1. The van der Waals surface area contributed by atoms with Crippen molar-refractivity contribution in [2.75, 3.05) is 13.7 Å². The molecule has 0 atom stereocenters. The molecule has 7 nitrogen and oxygen atoms in total. The molecule has 2 heterocycles. The molecule has 0 bridgehead atoms. The second-order valence-corrected chi connectivity index (χ2v) is 5.78. The normalized spacial score (nSPS) is 10.5. The number of nitrogens with zero attached hydrogens (tertiary/aromatic N) is 3. The highest BCUT2D eigenvalue weighted by Crippen LogP contribution is 2.11. The average Bonchev–Trinajstić information content (AvgIpc) is 3.32. The predicted octanol–water partition coefficient (Wildman–Crippen LogP) is 2.34. The summed E-state index contributed by atoms with van der Waals surface area (Å²) in [6.45, 7) is 0.530. The molecule has 0 unspecified atom stereocenters. The standard InChI is InChI=1S/C19H19N3O4/c1-21(12-15-6-3-2-4-7-15)18(23)14-25-19(24)17-9-8-16(26-17)13-22-11-5-10-20-22/h2-11H,12-14H2,1H3.